The van der Waals surface area contributed by atoms with E-state index in [2.05, 4.69) is 87.9 Å². The number of benzene rings is 8. The Balaban J connectivity index is 0.000000131. The smallest absolute Gasteiger partial charge is 0.270 e. The van der Waals surface area contributed by atoms with Gasteiger partial charge in [0, 0.05) is 125 Å². The van der Waals surface area contributed by atoms with Crippen LogP contribution >= 0.6 is 35.3 Å². The van der Waals surface area contributed by atoms with E-state index in [1.54, 1.807) is 59.3 Å². The van der Waals surface area contributed by atoms with E-state index in [0.717, 1.165) is 65.8 Å². The molecule has 5 N–H and O–H groups in total. The first-order chi connectivity index (χ1) is 38.2. The Bertz CT molecular complexity index is 3600. The van der Waals surface area contributed by atoms with Gasteiger partial charge in [-0.05, 0) is 109 Å². The van der Waals surface area contributed by atoms with Crippen LogP contribution < -0.4 is 41.3 Å². The fourth-order valence-electron chi connectivity index (χ4n) is 8.93. The van der Waals surface area contributed by atoms with Crippen LogP contribution in [0.1, 0.15) is 20.8 Å². The summed E-state index contributed by atoms with van der Waals surface area (Å²) in [5.41, 5.74) is 21.3. The number of nitro groups is 2. The van der Waals surface area contributed by atoms with Crippen molar-refractivity contribution >= 4 is 143 Å². The van der Waals surface area contributed by atoms with E-state index in [1.807, 2.05) is 76.4 Å². The van der Waals surface area contributed by atoms with E-state index in [9.17, 15) is 38.8 Å². The number of nitro benzene ring substituents is 2. The third kappa shape index (κ3) is 11.5. The van der Waals surface area contributed by atoms with Gasteiger partial charge in [0.15, 0.2) is 0 Å². The highest BCUT2D eigenvalue weighted by Crippen LogP contribution is 2.52. The Labute approximate surface area is 476 Å². The normalized spacial score (nSPS) is 12.8. The zero-order valence-electron chi connectivity index (χ0n) is 44.2. The highest BCUT2D eigenvalue weighted by molar-refractivity contribution is 8.00. The van der Waals surface area contributed by atoms with Crippen molar-refractivity contribution in [3.8, 4) is 0 Å². The summed E-state index contributed by atoms with van der Waals surface area (Å²) >= 11 is 5.12. The summed E-state index contributed by atoms with van der Waals surface area (Å²) in [5, 5.41) is 25.3. The molecule has 8 aromatic rings. The van der Waals surface area contributed by atoms with Gasteiger partial charge in [0.1, 0.15) is 0 Å². The number of nitrogens with zero attached hydrogens (tertiary/aromatic N) is 7. The minimum Gasteiger partial charge on any atom is -0.399 e. The first kappa shape index (κ1) is 55.9. The number of carbonyl (C=O) groups is 3. The van der Waals surface area contributed by atoms with E-state index in [-0.39, 0.29) is 44.4 Å². The van der Waals surface area contributed by atoms with Gasteiger partial charge in [-0.2, -0.15) is 0 Å². The molecule has 22 heteroatoms. The predicted octanol–water partition coefficient (Wildman–Crippen LogP) is 13.5. The quantitative estimate of drug-likeness (QED) is 0.0844. The standard InChI is InChI=1S/C18H21N3OS.C14H9N3O6S.C14H13N3OS.C12H9NS/c1-12(22)21-15-8-6-13(19(2)3)10-17(15)23-18-11-14(20(4)5)7-9-16(18)21;1-8(18)15-11-4-2-9(16(19)20)6-13(11)24(23)14-7-10(17(21)22)3-5-12(14)15;1-8(18)17-11-4-2-9(15)6-13(11)19-14-7-10(16)3-5-12(14)17;1-3-7-11-9(5-1)13-10-6-2-4-8-12(10)14-11/h6-11H,1-5H3;2-7H,1H3;2-7H,15-16H2,1H3;1-8,13H. The second-order valence-corrected chi connectivity index (χ2v) is 23.3. The van der Waals surface area contributed by atoms with E-state index in [1.165, 1.54) is 57.3 Å². The zero-order valence-corrected chi connectivity index (χ0v) is 47.5. The molecule has 12 rings (SSSR count). The molecule has 4 aliphatic rings. The minimum absolute atomic E-state index is 0.0302. The summed E-state index contributed by atoms with van der Waals surface area (Å²) < 4.78 is 12.8. The van der Waals surface area contributed by atoms with Crippen molar-refractivity contribution < 1.29 is 28.4 Å². The van der Waals surface area contributed by atoms with Crippen LogP contribution in [0.25, 0.3) is 0 Å². The molecular weight excluding hydrogens is 1090 g/mol. The number of non-ortho nitro benzene ring substituents is 2. The number of hydrogen-bond acceptors (Lipinski definition) is 16. The van der Waals surface area contributed by atoms with Gasteiger partial charge in [-0.3, -0.25) is 49.3 Å². The molecule has 0 saturated carbocycles. The highest BCUT2D eigenvalue weighted by atomic mass is 32.2. The van der Waals surface area contributed by atoms with Gasteiger partial charge in [0.2, 0.25) is 17.7 Å². The van der Waals surface area contributed by atoms with Crippen LogP contribution in [0.15, 0.2) is 197 Å². The lowest BCUT2D eigenvalue weighted by molar-refractivity contribution is -0.385. The van der Waals surface area contributed by atoms with E-state index < -0.39 is 26.6 Å². The third-order valence-corrected chi connectivity index (χ3v) is 17.5. The molecule has 0 saturated heterocycles. The highest BCUT2D eigenvalue weighted by Gasteiger charge is 2.34. The molecular formula is C58H52N10O8S4. The largest absolute Gasteiger partial charge is 0.399 e. The number of carbonyl (C=O) groups excluding carboxylic acids is 3. The second-order valence-electron chi connectivity index (χ2n) is 18.6. The summed E-state index contributed by atoms with van der Waals surface area (Å²) in [6, 6.07) is 47.6. The van der Waals surface area contributed by atoms with Crippen molar-refractivity contribution in [3.63, 3.8) is 0 Å². The fourth-order valence-corrected chi connectivity index (χ4v) is 13.6. The molecule has 0 unspecified atom stereocenters. The summed E-state index contributed by atoms with van der Waals surface area (Å²) in [7, 11) is 6.21. The number of para-hydroxylation sites is 2. The number of nitrogen functional groups attached to an aromatic ring is 2. The summed E-state index contributed by atoms with van der Waals surface area (Å²) in [4.78, 5) is 72.6. The zero-order chi connectivity index (χ0) is 57.3. The molecule has 18 nitrogen and oxygen atoms in total. The second kappa shape index (κ2) is 23.2. The molecule has 4 heterocycles. The molecule has 4 aliphatic heterocycles. The number of fused-ring (bicyclic) bond motifs is 8. The van der Waals surface area contributed by atoms with E-state index in [4.69, 9.17) is 11.5 Å². The first-order valence-corrected chi connectivity index (χ1v) is 28.1. The lowest BCUT2D eigenvalue weighted by atomic mass is 10.2. The molecule has 0 bridgehead atoms. The van der Waals surface area contributed by atoms with Crippen LogP contribution in [0.2, 0.25) is 0 Å². The van der Waals surface area contributed by atoms with Crippen LogP contribution in [-0.4, -0.2) is 60.0 Å². The average molecular weight is 1150 g/mol. The Hall–Kier alpha value is -8.83. The molecule has 3 amide bonds. The average Bonchev–Trinajstić information content (AvgIpc) is 3.51. The van der Waals surface area contributed by atoms with Crippen molar-refractivity contribution in [2.24, 2.45) is 0 Å². The van der Waals surface area contributed by atoms with Gasteiger partial charge in [0.05, 0.1) is 75.9 Å². The molecule has 0 spiro atoms. The summed E-state index contributed by atoms with van der Waals surface area (Å²) in [5.74, 6) is -0.405. The maximum Gasteiger partial charge on any atom is 0.270 e. The van der Waals surface area contributed by atoms with Crippen LogP contribution in [-0.2, 0) is 25.2 Å². The maximum atomic E-state index is 12.8. The van der Waals surface area contributed by atoms with Crippen molar-refractivity contribution in [1.29, 1.82) is 0 Å². The first-order valence-electron chi connectivity index (χ1n) is 24.5. The Morgan fingerprint density at radius 3 is 1.15 bits per heavy atom. The third-order valence-electron chi connectivity index (χ3n) is 12.7. The number of anilines is 12. The summed E-state index contributed by atoms with van der Waals surface area (Å²) in [6.07, 6.45) is 0. The van der Waals surface area contributed by atoms with Crippen molar-refractivity contribution in [2.45, 2.75) is 59.9 Å². The molecule has 8 aromatic carbocycles. The molecule has 0 aliphatic carbocycles. The molecule has 0 atom stereocenters. The van der Waals surface area contributed by atoms with Crippen molar-refractivity contribution in [1.82, 2.24) is 0 Å². The number of rotatable bonds is 4. The van der Waals surface area contributed by atoms with E-state index in [0.29, 0.717) is 11.4 Å². The van der Waals surface area contributed by atoms with Crippen LogP contribution in [0.3, 0.4) is 0 Å². The molecule has 406 valence electrons. The Morgan fingerprint density at radius 2 is 0.787 bits per heavy atom. The van der Waals surface area contributed by atoms with Crippen molar-refractivity contribution in [2.75, 3.05) is 69.5 Å². The molecule has 0 radical (unpaired) electrons. The van der Waals surface area contributed by atoms with Crippen LogP contribution in [0.4, 0.5) is 79.6 Å². The number of nitrogens with two attached hydrogens (primary N) is 2. The predicted molar refractivity (Wildman–Crippen MR) is 321 cm³/mol. The molecule has 80 heavy (non-hydrogen) atoms. The van der Waals surface area contributed by atoms with Gasteiger partial charge in [-0.1, -0.05) is 59.6 Å². The van der Waals surface area contributed by atoms with Gasteiger partial charge < -0.3 is 26.6 Å². The lowest BCUT2D eigenvalue weighted by Gasteiger charge is -2.32. The minimum atomic E-state index is -1.88. The van der Waals surface area contributed by atoms with Gasteiger partial charge in [-0.25, -0.2) is 4.21 Å². The number of nitrogens with one attached hydrogen (secondary N) is 1. The fraction of sp³-hybridized carbons (Fsp3) is 0.121. The molecule has 0 aromatic heterocycles. The number of amides is 3. The topological polar surface area (TPSA) is 235 Å². The van der Waals surface area contributed by atoms with Gasteiger partial charge in [0.25, 0.3) is 11.4 Å². The van der Waals surface area contributed by atoms with Crippen molar-refractivity contribution in [3.05, 3.63) is 178 Å². The maximum absolute atomic E-state index is 12.8. The monoisotopic (exact) mass is 1140 g/mol. The number of hydrogen-bond donors (Lipinski definition) is 3. The lowest BCUT2D eigenvalue weighted by Crippen LogP contribution is -2.28. The Kier molecular flexibility index (Phi) is 16.2. The molecule has 0 fully saturated rings. The van der Waals surface area contributed by atoms with Crippen LogP contribution in [0, 0.1) is 20.2 Å². The SMILES string of the molecule is CC(=O)N1c2ccc(N(C)C)cc2Sc2cc(N(C)C)ccc21.CC(=O)N1c2ccc(N)cc2Sc2cc(N)ccc21.CC(=O)N1c2ccc([N+](=O)[O-])cc2S(=O)c2cc([N+](=O)[O-])ccc21.c1ccc2c(c1)Nc1ccccc1S2. The van der Waals surface area contributed by atoms with Crippen LogP contribution in [0.5, 0.6) is 0 Å². The van der Waals surface area contributed by atoms with Gasteiger partial charge >= 0.3 is 0 Å². The van der Waals surface area contributed by atoms with Gasteiger partial charge in [-0.15, -0.1) is 0 Å². The summed E-state index contributed by atoms with van der Waals surface area (Å²) in [6.45, 7) is 4.45. The van der Waals surface area contributed by atoms with E-state index >= 15 is 0 Å². The Morgan fingerprint density at radius 1 is 0.463 bits per heavy atom.